The van der Waals surface area contributed by atoms with Gasteiger partial charge in [0.05, 0.1) is 11.4 Å². The molecular weight excluding hydrogens is 370 g/mol. The summed E-state index contributed by atoms with van der Waals surface area (Å²) in [5.74, 6) is 0.247. The molecule has 0 bridgehead atoms. The number of thioether (sulfide) groups is 1. The fraction of sp³-hybridized carbons (Fsp3) is 0.227. The third-order valence-electron chi connectivity index (χ3n) is 4.18. The van der Waals surface area contributed by atoms with Crippen molar-refractivity contribution >= 4 is 29.1 Å². The highest BCUT2D eigenvalue weighted by atomic mass is 32.2. The van der Waals surface area contributed by atoms with E-state index < -0.39 is 0 Å². The lowest BCUT2D eigenvalue weighted by molar-refractivity contribution is -0.116. The summed E-state index contributed by atoms with van der Waals surface area (Å²) in [6, 6.07) is 17.6. The van der Waals surface area contributed by atoms with Crippen molar-refractivity contribution < 1.29 is 9.59 Å². The Morgan fingerprint density at radius 3 is 2.57 bits per heavy atom. The lowest BCUT2D eigenvalue weighted by atomic mass is 10.1. The maximum absolute atomic E-state index is 12.3. The second-order valence-electron chi connectivity index (χ2n) is 6.69. The van der Waals surface area contributed by atoms with Gasteiger partial charge in [0, 0.05) is 24.2 Å². The predicted molar refractivity (Wildman–Crippen MR) is 113 cm³/mol. The average molecular weight is 394 g/mol. The molecule has 0 aliphatic carbocycles. The molecule has 0 aliphatic rings. The van der Waals surface area contributed by atoms with Crippen LogP contribution in [0.1, 0.15) is 29.4 Å². The van der Waals surface area contributed by atoms with Crippen LogP contribution < -0.4 is 5.32 Å². The van der Waals surface area contributed by atoms with Crippen molar-refractivity contribution in [1.82, 2.24) is 9.97 Å². The third-order valence-corrected chi connectivity index (χ3v) is 5.06. The highest BCUT2D eigenvalue weighted by Crippen LogP contribution is 2.20. The zero-order chi connectivity index (χ0) is 19.9. The second kappa shape index (κ2) is 9.37. The number of carbonyl (C=O) groups excluding carboxylic acids is 2. The number of anilines is 1. The molecule has 6 heteroatoms. The van der Waals surface area contributed by atoms with E-state index in [-0.39, 0.29) is 17.4 Å². The summed E-state index contributed by atoms with van der Waals surface area (Å²) in [5.41, 5.74) is 4.81. The van der Waals surface area contributed by atoms with Gasteiger partial charge in [0.1, 0.15) is 5.78 Å². The van der Waals surface area contributed by atoms with Gasteiger partial charge in [-0.2, -0.15) is 0 Å². The van der Waals surface area contributed by atoms with Gasteiger partial charge in [0.25, 0.3) is 0 Å². The molecule has 2 N–H and O–H groups in total. The molecule has 0 saturated carbocycles. The first-order valence-electron chi connectivity index (χ1n) is 9.10. The van der Waals surface area contributed by atoms with Crippen LogP contribution >= 0.6 is 11.8 Å². The van der Waals surface area contributed by atoms with Gasteiger partial charge in [-0.25, -0.2) is 4.98 Å². The van der Waals surface area contributed by atoms with Crippen LogP contribution in [0.25, 0.3) is 0 Å². The summed E-state index contributed by atoms with van der Waals surface area (Å²) >= 11 is 1.38. The highest BCUT2D eigenvalue weighted by molar-refractivity contribution is 7.99. The molecule has 0 aliphatic heterocycles. The standard InChI is InChI=1S/C22H23N3O2S/c1-15(26)11-18-9-6-10-19(12-18)24-21(27)14-28-22-23-16(2)20(25-22)13-17-7-4-3-5-8-17/h3-10,12H,11,13-14H2,1-2H3,(H,23,25)(H,24,27). The van der Waals surface area contributed by atoms with Crippen molar-refractivity contribution in [3.63, 3.8) is 0 Å². The molecule has 2 aromatic carbocycles. The van der Waals surface area contributed by atoms with Gasteiger partial charge in [0.15, 0.2) is 5.16 Å². The summed E-state index contributed by atoms with van der Waals surface area (Å²) in [6.07, 6.45) is 1.13. The van der Waals surface area contributed by atoms with Gasteiger partial charge in [-0.05, 0) is 37.1 Å². The molecule has 0 radical (unpaired) electrons. The van der Waals surface area contributed by atoms with E-state index in [2.05, 4.69) is 27.4 Å². The molecule has 0 atom stereocenters. The van der Waals surface area contributed by atoms with Gasteiger partial charge in [0.2, 0.25) is 5.91 Å². The van der Waals surface area contributed by atoms with Crippen LogP contribution in [0, 0.1) is 6.92 Å². The highest BCUT2D eigenvalue weighted by Gasteiger charge is 2.11. The fourth-order valence-electron chi connectivity index (χ4n) is 2.87. The molecule has 0 unspecified atom stereocenters. The molecule has 0 saturated heterocycles. The van der Waals surface area contributed by atoms with E-state index in [0.717, 1.165) is 28.5 Å². The lowest BCUT2D eigenvalue weighted by Crippen LogP contribution is -2.14. The SMILES string of the molecule is CC(=O)Cc1cccc(NC(=O)CSc2nc(Cc3ccccc3)c(C)[nH]2)c1. The van der Waals surface area contributed by atoms with E-state index in [0.29, 0.717) is 12.1 Å². The van der Waals surface area contributed by atoms with Gasteiger partial charge in [-0.3, -0.25) is 9.59 Å². The monoisotopic (exact) mass is 393 g/mol. The Morgan fingerprint density at radius 2 is 1.82 bits per heavy atom. The van der Waals surface area contributed by atoms with Crippen molar-refractivity contribution in [3.8, 4) is 0 Å². The Balaban J connectivity index is 1.55. The topological polar surface area (TPSA) is 74.8 Å². The molecule has 28 heavy (non-hydrogen) atoms. The van der Waals surface area contributed by atoms with Crippen molar-refractivity contribution in [2.75, 3.05) is 11.1 Å². The number of Topliss-reactive ketones (excluding diaryl/α,β-unsaturated/α-hetero) is 1. The van der Waals surface area contributed by atoms with Crippen LogP contribution in [-0.4, -0.2) is 27.4 Å². The number of imidazole rings is 1. The van der Waals surface area contributed by atoms with Crippen LogP contribution in [-0.2, 0) is 22.4 Å². The van der Waals surface area contributed by atoms with Crippen molar-refractivity contribution in [2.24, 2.45) is 0 Å². The van der Waals surface area contributed by atoms with Gasteiger partial charge in [-0.1, -0.05) is 54.2 Å². The van der Waals surface area contributed by atoms with E-state index in [1.54, 1.807) is 6.92 Å². The Hall–Kier alpha value is -2.86. The molecule has 1 aromatic heterocycles. The van der Waals surface area contributed by atoms with Crippen LogP contribution in [0.4, 0.5) is 5.69 Å². The Bertz CT molecular complexity index is 967. The quantitative estimate of drug-likeness (QED) is 0.563. The first kappa shape index (κ1) is 19.9. The van der Waals surface area contributed by atoms with Crippen molar-refractivity contribution in [3.05, 3.63) is 77.1 Å². The number of carbonyl (C=O) groups is 2. The summed E-state index contributed by atoms with van der Waals surface area (Å²) in [5, 5.41) is 3.61. The Morgan fingerprint density at radius 1 is 1.07 bits per heavy atom. The summed E-state index contributed by atoms with van der Waals surface area (Å²) in [4.78, 5) is 31.4. The first-order valence-corrected chi connectivity index (χ1v) is 10.1. The summed E-state index contributed by atoms with van der Waals surface area (Å²) < 4.78 is 0. The molecule has 3 rings (SSSR count). The number of amides is 1. The van der Waals surface area contributed by atoms with Crippen LogP contribution in [0.15, 0.2) is 59.8 Å². The minimum atomic E-state index is -0.108. The van der Waals surface area contributed by atoms with Crippen molar-refractivity contribution in [1.29, 1.82) is 0 Å². The Labute approximate surface area is 169 Å². The number of hydrogen-bond donors (Lipinski definition) is 2. The second-order valence-corrected chi connectivity index (χ2v) is 7.66. The number of aryl methyl sites for hydroxylation is 1. The number of ketones is 1. The molecule has 144 valence electrons. The molecule has 1 amide bonds. The number of aromatic amines is 1. The zero-order valence-corrected chi connectivity index (χ0v) is 16.8. The molecule has 5 nitrogen and oxygen atoms in total. The van der Waals surface area contributed by atoms with Gasteiger partial charge in [-0.15, -0.1) is 0 Å². The first-order chi connectivity index (χ1) is 13.5. The number of hydrogen-bond acceptors (Lipinski definition) is 4. The largest absolute Gasteiger partial charge is 0.337 e. The fourth-order valence-corrected chi connectivity index (χ4v) is 3.61. The number of benzene rings is 2. The molecular formula is C22H23N3O2S. The molecule has 1 heterocycles. The number of aromatic nitrogens is 2. The van der Waals surface area contributed by atoms with E-state index in [9.17, 15) is 9.59 Å². The summed E-state index contributed by atoms with van der Waals surface area (Å²) in [6.45, 7) is 3.55. The smallest absolute Gasteiger partial charge is 0.234 e. The normalized spacial score (nSPS) is 10.6. The minimum Gasteiger partial charge on any atom is -0.337 e. The minimum absolute atomic E-state index is 0.0959. The van der Waals surface area contributed by atoms with E-state index in [4.69, 9.17) is 0 Å². The van der Waals surface area contributed by atoms with E-state index in [1.807, 2.05) is 49.4 Å². The number of nitrogens with zero attached hydrogens (tertiary/aromatic N) is 1. The maximum Gasteiger partial charge on any atom is 0.234 e. The molecule has 0 spiro atoms. The maximum atomic E-state index is 12.3. The van der Waals surface area contributed by atoms with Gasteiger partial charge < -0.3 is 10.3 Å². The molecule has 0 fully saturated rings. The third kappa shape index (κ3) is 5.82. The number of nitrogens with one attached hydrogen (secondary N) is 2. The zero-order valence-electron chi connectivity index (χ0n) is 16.0. The predicted octanol–water partition coefficient (Wildman–Crippen LogP) is 4.17. The van der Waals surface area contributed by atoms with Crippen LogP contribution in [0.5, 0.6) is 0 Å². The van der Waals surface area contributed by atoms with Crippen LogP contribution in [0.3, 0.4) is 0 Å². The molecule has 3 aromatic rings. The number of rotatable bonds is 8. The van der Waals surface area contributed by atoms with E-state index in [1.165, 1.54) is 17.3 Å². The number of H-pyrrole nitrogens is 1. The average Bonchev–Trinajstić information content (AvgIpc) is 3.00. The van der Waals surface area contributed by atoms with Crippen molar-refractivity contribution in [2.45, 2.75) is 31.8 Å². The summed E-state index contributed by atoms with van der Waals surface area (Å²) in [7, 11) is 0. The Kier molecular flexibility index (Phi) is 6.66. The van der Waals surface area contributed by atoms with E-state index >= 15 is 0 Å². The lowest BCUT2D eigenvalue weighted by Gasteiger charge is -2.06. The van der Waals surface area contributed by atoms with Crippen LogP contribution in [0.2, 0.25) is 0 Å². The van der Waals surface area contributed by atoms with Gasteiger partial charge >= 0.3 is 0 Å².